The van der Waals surface area contributed by atoms with Gasteiger partial charge in [0.1, 0.15) is 11.3 Å². The molecule has 0 radical (unpaired) electrons. The molecule has 0 aliphatic carbocycles. The fraction of sp³-hybridized carbons (Fsp3) is 0.273. The summed E-state index contributed by atoms with van der Waals surface area (Å²) in [6, 6.07) is 14.9. The lowest BCUT2D eigenvalue weighted by molar-refractivity contribution is 0.0946. The van der Waals surface area contributed by atoms with E-state index in [4.69, 9.17) is 0 Å². The first-order valence-corrected chi connectivity index (χ1v) is 9.21. The van der Waals surface area contributed by atoms with Crippen molar-refractivity contribution in [3.05, 3.63) is 75.6 Å². The Balaban J connectivity index is 1.98. The molecule has 0 saturated carbocycles. The molecule has 1 heterocycles. The topological polar surface area (TPSA) is 71.3 Å². The van der Waals surface area contributed by atoms with E-state index in [1.807, 2.05) is 44.2 Å². The molecule has 2 N–H and O–H groups in total. The quantitative estimate of drug-likeness (QED) is 0.700. The molecule has 0 aliphatic rings. The summed E-state index contributed by atoms with van der Waals surface area (Å²) in [5, 5.41) is 13.9. The number of pyridine rings is 1. The van der Waals surface area contributed by atoms with E-state index in [9.17, 15) is 14.7 Å². The molecule has 0 saturated heterocycles. The summed E-state index contributed by atoms with van der Waals surface area (Å²) in [6.45, 7) is 4.84. The lowest BCUT2D eigenvalue weighted by Gasteiger charge is -2.15. The van der Waals surface area contributed by atoms with E-state index >= 15 is 0 Å². The van der Waals surface area contributed by atoms with Gasteiger partial charge in [0, 0.05) is 18.5 Å². The summed E-state index contributed by atoms with van der Waals surface area (Å²) < 4.78 is 1.58. The first kappa shape index (κ1) is 18.7. The molecule has 1 aromatic heterocycles. The normalized spacial score (nSPS) is 10.9. The molecule has 3 aromatic rings. The zero-order valence-electron chi connectivity index (χ0n) is 15.7. The Labute approximate surface area is 158 Å². The number of hydrogen-bond donors (Lipinski definition) is 2. The predicted octanol–water partition coefficient (Wildman–Crippen LogP) is 3.75. The molecule has 0 atom stereocenters. The Hall–Kier alpha value is -3.08. The molecule has 1 amide bonds. The number of carbonyl (C=O) groups is 1. The Bertz CT molecular complexity index is 1020. The van der Waals surface area contributed by atoms with Crippen LogP contribution in [0, 0.1) is 6.92 Å². The van der Waals surface area contributed by atoms with Crippen LogP contribution in [0.1, 0.15) is 41.3 Å². The third kappa shape index (κ3) is 3.87. The fourth-order valence-electron chi connectivity index (χ4n) is 3.11. The monoisotopic (exact) mass is 364 g/mol. The van der Waals surface area contributed by atoms with E-state index in [0.29, 0.717) is 24.0 Å². The maximum absolute atomic E-state index is 12.9. The van der Waals surface area contributed by atoms with Gasteiger partial charge in [0.15, 0.2) is 0 Å². The minimum atomic E-state index is -0.561. The molecular formula is C22H24N2O3. The molecule has 0 spiro atoms. The van der Waals surface area contributed by atoms with Crippen molar-refractivity contribution < 1.29 is 9.90 Å². The van der Waals surface area contributed by atoms with Crippen molar-refractivity contribution in [1.82, 2.24) is 9.88 Å². The summed E-state index contributed by atoms with van der Waals surface area (Å²) in [6.07, 6.45) is 1.75. The first-order valence-electron chi connectivity index (χ1n) is 9.21. The van der Waals surface area contributed by atoms with Gasteiger partial charge in [-0.05, 0) is 31.0 Å². The number of aryl methyl sites for hydroxylation is 2. The number of nitrogens with zero attached hydrogens (tertiary/aromatic N) is 1. The summed E-state index contributed by atoms with van der Waals surface area (Å²) >= 11 is 0. The molecule has 5 heteroatoms. The van der Waals surface area contributed by atoms with Crippen molar-refractivity contribution in [1.29, 1.82) is 0 Å². The summed E-state index contributed by atoms with van der Waals surface area (Å²) in [4.78, 5) is 25.7. The smallest absolute Gasteiger partial charge is 0.267 e. The Morgan fingerprint density at radius 1 is 1.11 bits per heavy atom. The molecule has 27 heavy (non-hydrogen) atoms. The molecule has 0 bridgehead atoms. The molecule has 140 valence electrons. The second kappa shape index (κ2) is 8.08. The van der Waals surface area contributed by atoms with Gasteiger partial charge in [-0.25, -0.2) is 0 Å². The number of amides is 1. The zero-order valence-corrected chi connectivity index (χ0v) is 15.7. The van der Waals surface area contributed by atoms with E-state index in [-0.39, 0.29) is 11.3 Å². The minimum absolute atomic E-state index is 0.197. The van der Waals surface area contributed by atoms with Crippen LogP contribution in [0.5, 0.6) is 5.75 Å². The number of nitrogens with one attached hydrogen (secondary N) is 1. The van der Waals surface area contributed by atoms with Gasteiger partial charge in [-0.1, -0.05) is 55.3 Å². The van der Waals surface area contributed by atoms with Crippen molar-refractivity contribution in [3.8, 4) is 5.75 Å². The Morgan fingerprint density at radius 3 is 2.52 bits per heavy atom. The van der Waals surface area contributed by atoms with Gasteiger partial charge in [0.05, 0.1) is 5.52 Å². The van der Waals surface area contributed by atoms with Crippen molar-refractivity contribution in [3.63, 3.8) is 0 Å². The van der Waals surface area contributed by atoms with Crippen LogP contribution in [0.25, 0.3) is 10.9 Å². The molecule has 3 rings (SSSR count). The number of aromatic nitrogens is 1. The molecule has 0 fully saturated rings. The second-order valence-electron chi connectivity index (χ2n) is 6.72. The van der Waals surface area contributed by atoms with Crippen LogP contribution >= 0.6 is 0 Å². The Morgan fingerprint density at radius 2 is 1.81 bits per heavy atom. The van der Waals surface area contributed by atoms with Crippen LogP contribution in [0.3, 0.4) is 0 Å². The number of para-hydroxylation sites is 1. The number of unbranched alkanes of at least 4 members (excludes halogenated alkanes) is 1. The highest BCUT2D eigenvalue weighted by Gasteiger charge is 2.21. The van der Waals surface area contributed by atoms with Crippen molar-refractivity contribution in [2.75, 3.05) is 0 Å². The number of benzene rings is 2. The van der Waals surface area contributed by atoms with Crippen molar-refractivity contribution in [2.24, 2.45) is 0 Å². The maximum atomic E-state index is 12.9. The van der Waals surface area contributed by atoms with Crippen LogP contribution in [0.2, 0.25) is 0 Å². The minimum Gasteiger partial charge on any atom is -0.506 e. The Kier molecular flexibility index (Phi) is 5.60. The fourth-order valence-corrected chi connectivity index (χ4v) is 3.11. The average molecular weight is 364 g/mol. The van der Waals surface area contributed by atoms with Crippen molar-refractivity contribution >= 4 is 16.8 Å². The largest absolute Gasteiger partial charge is 0.506 e. The number of fused-ring (bicyclic) bond motifs is 1. The third-order valence-corrected chi connectivity index (χ3v) is 4.68. The van der Waals surface area contributed by atoms with Gasteiger partial charge in [-0.15, -0.1) is 0 Å². The highest BCUT2D eigenvalue weighted by molar-refractivity contribution is 6.02. The first-order chi connectivity index (χ1) is 13.0. The molecule has 2 aromatic carbocycles. The van der Waals surface area contributed by atoms with Gasteiger partial charge in [0.2, 0.25) is 0 Å². The SMILES string of the molecule is CCCCn1c(=O)c(C(=O)NCc2ccc(C)cc2)c(O)c2ccccc21. The second-order valence-corrected chi connectivity index (χ2v) is 6.72. The van der Waals surface area contributed by atoms with Gasteiger partial charge >= 0.3 is 0 Å². The van der Waals surface area contributed by atoms with E-state index in [1.54, 1.807) is 22.8 Å². The lowest BCUT2D eigenvalue weighted by atomic mass is 10.1. The number of carbonyl (C=O) groups excluding carboxylic acids is 1. The maximum Gasteiger partial charge on any atom is 0.267 e. The average Bonchev–Trinajstić information content (AvgIpc) is 2.67. The molecular weight excluding hydrogens is 340 g/mol. The molecule has 0 aliphatic heterocycles. The van der Waals surface area contributed by atoms with E-state index < -0.39 is 11.5 Å². The van der Waals surface area contributed by atoms with Gasteiger partial charge < -0.3 is 15.0 Å². The van der Waals surface area contributed by atoms with E-state index in [2.05, 4.69) is 5.32 Å². The summed E-state index contributed by atoms with van der Waals surface area (Å²) in [5.41, 5.74) is 2.05. The number of hydrogen-bond acceptors (Lipinski definition) is 3. The van der Waals surface area contributed by atoms with Crippen LogP contribution in [-0.2, 0) is 13.1 Å². The van der Waals surface area contributed by atoms with Crippen LogP contribution < -0.4 is 10.9 Å². The standard InChI is InChI=1S/C22H24N2O3/c1-3-4-13-24-18-8-6-5-7-17(18)20(25)19(22(24)27)21(26)23-14-16-11-9-15(2)10-12-16/h5-12,25H,3-4,13-14H2,1-2H3,(H,23,26). The highest BCUT2D eigenvalue weighted by atomic mass is 16.3. The van der Waals surface area contributed by atoms with E-state index in [1.165, 1.54) is 0 Å². The lowest BCUT2D eigenvalue weighted by Crippen LogP contribution is -2.33. The number of rotatable bonds is 6. The summed E-state index contributed by atoms with van der Waals surface area (Å²) in [5.74, 6) is -0.821. The number of aromatic hydroxyl groups is 1. The van der Waals surface area contributed by atoms with Crippen LogP contribution in [0.15, 0.2) is 53.3 Å². The highest BCUT2D eigenvalue weighted by Crippen LogP contribution is 2.26. The predicted molar refractivity (Wildman–Crippen MR) is 107 cm³/mol. The van der Waals surface area contributed by atoms with Gasteiger partial charge in [-0.2, -0.15) is 0 Å². The summed E-state index contributed by atoms with van der Waals surface area (Å²) in [7, 11) is 0. The van der Waals surface area contributed by atoms with Gasteiger partial charge in [-0.3, -0.25) is 9.59 Å². The molecule has 5 nitrogen and oxygen atoms in total. The zero-order chi connectivity index (χ0) is 19.4. The van der Waals surface area contributed by atoms with Crippen molar-refractivity contribution in [2.45, 2.75) is 39.8 Å². The van der Waals surface area contributed by atoms with E-state index in [0.717, 1.165) is 24.0 Å². The molecule has 0 unspecified atom stereocenters. The van der Waals surface area contributed by atoms with Gasteiger partial charge in [0.25, 0.3) is 11.5 Å². The third-order valence-electron chi connectivity index (χ3n) is 4.68. The van der Waals surface area contributed by atoms with Crippen LogP contribution in [0.4, 0.5) is 0 Å². The van der Waals surface area contributed by atoms with Crippen LogP contribution in [-0.4, -0.2) is 15.6 Å².